The number of halogens is 1. The van der Waals surface area contributed by atoms with Crippen molar-refractivity contribution in [2.24, 2.45) is 5.11 Å². The van der Waals surface area contributed by atoms with Crippen LogP contribution in [0.5, 0.6) is 0 Å². The molecule has 1 aromatic heterocycles. The number of hydrogen-bond donors (Lipinski definition) is 3. The molecule has 0 amide bonds. The van der Waals surface area contributed by atoms with Crippen molar-refractivity contribution in [3.8, 4) is 0 Å². The second kappa shape index (κ2) is 6.28. The van der Waals surface area contributed by atoms with Crippen LogP contribution in [0.3, 0.4) is 0 Å². The van der Waals surface area contributed by atoms with Crippen molar-refractivity contribution in [2.75, 3.05) is 18.9 Å². The number of aliphatic hydroxyl groups excluding tert-OH is 2. The molecule has 0 saturated carbocycles. The topological polar surface area (TPSA) is 159 Å². The number of nitrogens with zero attached hydrogens (tertiary/aromatic N) is 5. The molecule has 0 bridgehead atoms. The number of azide groups is 1. The van der Waals surface area contributed by atoms with Crippen molar-refractivity contribution in [1.29, 1.82) is 0 Å². The first-order valence-electron chi connectivity index (χ1n) is 6.41. The average Bonchev–Trinajstić information content (AvgIpc) is 2.73. The Morgan fingerprint density at radius 3 is 3.00 bits per heavy atom. The van der Waals surface area contributed by atoms with Crippen LogP contribution in [0.15, 0.2) is 22.2 Å². The van der Waals surface area contributed by atoms with E-state index in [1.807, 2.05) is 0 Å². The van der Waals surface area contributed by atoms with Crippen molar-refractivity contribution in [3.63, 3.8) is 0 Å². The molecule has 1 fully saturated rings. The fraction of sp³-hybridized carbons (Fsp3) is 0.636. The Labute approximate surface area is 123 Å². The maximum Gasteiger partial charge on any atom is 0.351 e. The molecular weight excluding hydrogens is 299 g/mol. The van der Waals surface area contributed by atoms with E-state index in [9.17, 15) is 19.4 Å². The summed E-state index contributed by atoms with van der Waals surface area (Å²) in [5.41, 5.74) is 11.1. The first kappa shape index (κ1) is 16.2. The Hall–Kier alpha value is -2.20. The number of nitrogens with two attached hydrogens (primary N) is 1. The van der Waals surface area contributed by atoms with E-state index in [-0.39, 0.29) is 18.8 Å². The highest BCUT2D eigenvalue weighted by atomic mass is 19.1. The van der Waals surface area contributed by atoms with Gasteiger partial charge in [0.1, 0.15) is 17.5 Å². The molecule has 0 spiro atoms. The maximum atomic E-state index is 14.3. The molecule has 0 radical (unpaired) electrons. The van der Waals surface area contributed by atoms with E-state index >= 15 is 0 Å². The number of aromatic nitrogens is 2. The van der Waals surface area contributed by atoms with Crippen LogP contribution in [-0.4, -0.2) is 50.8 Å². The maximum absolute atomic E-state index is 14.3. The van der Waals surface area contributed by atoms with Gasteiger partial charge < -0.3 is 20.7 Å². The van der Waals surface area contributed by atoms with Crippen LogP contribution >= 0.6 is 0 Å². The van der Waals surface area contributed by atoms with Crippen LogP contribution in [0.4, 0.5) is 10.2 Å². The molecule has 0 aromatic carbocycles. The lowest BCUT2D eigenvalue weighted by Crippen LogP contribution is -2.46. The van der Waals surface area contributed by atoms with E-state index in [1.54, 1.807) is 0 Å². The van der Waals surface area contributed by atoms with Gasteiger partial charge >= 0.3 is 5.69 Å². The third kappa shape index (κ3) is 2.74. The van der Waals surface area contributed by atoms with Crippen LogP contribution in [-0.2, 0) is 4.74 Å². The second-order valence-corrected chi connectivity index (χ2v) is 4.87. The summed E-state index contributed by atoms with van der Waals surface area (Å²) in [5.74, 6) is -0.0352. The van der Waals surface area contributed by atoms with Crippen LogP contribution < -0.4 is 11.4 Å². The van der Waals surface area contributed by atoms with Gasteiger partial charge in [-0.25, -0.2) is 9.18 Å². The summed E-state index contributed by atoms with van der Waals surface area (Å²) in [6.45, 7) is -0.814. The third-order valence-electron chi connectivity index (χ3n) is 3.56. The molecule has 0 unspecified atom stereocenters. The van der Waals surface area contributed by atoms with Gasteiger partial charge in [-0.1, -0.05) is 5.11 Å². The van der Waals surface area contributed by atoms with Crippen molar-refractivity contribution in [2.45, 2.75) is 30.5 Å². The van der Waals surface area contributed by atoms with Gasteiger partial charge in [0.2, 0.25) is 0 Å². The lowest BCUT2D eigenvalue weighted by Gasteiger charge is -2.29. The molecule has 4 atom stereocenters. The fourth-order valence-electron chi connectivity index (χ4n) is 2.35. The van der Waals surface area contributed by atoms with E-state index < -0.39 is 36.4 Å². The zero-order chi connectivity index (χ0) is 16.3. The largest absolute Gasteiger partial charge is 0.393 e. The van der Waals surface area contributed by atoms with Crippen LogP contribution in [0, 0.1) is 0 Å². The predicted octanol–water partition coefficient (Wildman–Crippen LogP) is -0.515. The van der Waals surface area contributed by atoms with E-state index in [4.69, 9.17) is 16.0 Å². The van der Waals surface area contributed by atoms with Gasteiger partial charge in [0.15, 0.2) is 12.4 Å². The molecule has 1 aromatic rings. The Kier molecular flexibility index (Phi) is 4.62. The summed E-state index contributed by atoms with van der Waals surface area (Å²) < 4.78 is 20.6. The van der Waals surface area contributed by atoms with Crippen molar-refractivity contribution in [1.82, 2.24) is 9.55 Å². The molecule has 1 aliphatic heterocycles. The van der Waals surface area contributed by atoms with Crippen molar-refractivity contribution >= 4 is 5.82 Å². The van der Waals surface area contributed by atoms with Gasteiger partial charge in [0, 0.05) is 17.7 Å². The number of rotatable bonds is 5. The highest BCUT2D eigenvalue weighted by molar-refractivity contribution is 5.23. The first-order valence-corrected chi connectivity index (χ1v) is 6.41. The van der Waals surface area contributed by atoms with E-state index in [1.165, 1.54) is 12.3 Å². The summed E-state index contributed by atoms with van der Waals surface area (Å²) in [5, 5.41) is 22.8. The van der Waals surface area contributed by atoms with Crippen LogP contribution in [0.25, 0.3) is 10.4 Å². The molecule has 10 nitrogen and oxygen atoms in total. The summed E-state index contributed by atoms with van der Waals surface area (Å²) in [7, 11) is 0. The summed E-state index contributed by atoms with van der Waals surface area (Å²) in [6, 6.07) is 1.28. The first-order chi connectivity index (χ1) is 10.4. The minimum Gasteiger partial charge on any atom is -0.393 e. The fourth-order valence-corrected chi connectivity index (χ4v) is 2.35. The monoisotopic (exact) mass is 314 g/mol. The highest BCUT2D eigenvalue weighted by Crippen LogP contribution is 2.40. The molecular formula is C11H15FN6O4. The molecule has 1 aliphatic rings. The molecule has 1 saturated heterocycles. The predicted molar refractivity (Wildman–Crippen MR) is 72.4 cm³/mol. The average molecular weight is 314 g/mol. The number of nitrogen functional groups attached to an aromatic ring is 1. The van der Waals surface area contributed by atoms with Crippen molar-refractivity contribution in [3.05, 3.63) is 33.2 Å². The van der Waals surface area contributed by atoms with Gasteiger partial charge in [-0.15, -0.1) is 0 Å². The minimum absolute atomic E-state index is 0.0352. The molecule has 22 heavy (non-hydrogen) atoms. The smallest absolute Gasteiger partial charge is 0.351 e. The minimum atomic E-state index is -1.97. The van der Waals surface area contributed by atoms with E-state index in [0.29, 0.717) is 0 Å². The van der Waals surface area contributed by atoms with Crippen LogP contribution in [0.1, 0.15) is 12.6 Å². The van der Waals surface area contributed by atoms with Crippen LogP contribution in [0.2, 0.25) is 0 Å². The summed E-state index contributed by atoms with van der Waals surface area (Å²) >= 11 is 0. The van der Waals surface area contributed by atoms with Gasteiger partial charge in [-0.2, -0.15) is 4.98 Å². The molecule has 120 valence electrons. The van der Waals surface area contributed by atoms with E-state index in [0.717, 1.165) is 4.57 Å². The van der Waals surface area contributed by atoms with Gasteiger partial charge in [0.25, 0.3) is 0 Å². The van der Waals surface area contributed by atoms with Gasteiger partial charge in [0.05, 0.1) is 6.61 Å². The molecule has 4 N–H and O–H groups in total. The number of alkyl halides is 1. The normalized spacial score (nSPS) is 31.0. The second-order valence-electron chi connectivity index (χ2n) is 4.87. The Bertz CT molecular complexity index is 648. The number of anilines is 1. The van der Waals surface area contributed by atoms with Crippen molar-refractivity contribution < 1.29 is 19.3 Å². The number of ether oxygens (including phenoxy) is 1. The zero-order valence-corrected chi connectivity index (χ0v) is 11.4. The van der Waals surface area contributed by atoms with E-state index in [2.05, 4.69) is 15.0 Å². The number of hydrogen-bond acceptors (Lipinski definition) is 7. The molecule has 2 heterocycles. The number of aliphatic hydroxyl groups is 2. The lowest BCUT2D eigenvalue weighted by molar-refractivity contribution is -0.131. The Morgan fingerprint density at radius 2 is 2.41 bits per heavy atom. The summed E-state index contributed by atoms with van der Waals surface area (Å²) in [4.78, 5) is 17.7. The standard InChI is InChI=1S/C11H15FN6O4/c12-7-8(20)11(5-19,2-3-15-17-14)22-9(7)18-4-1-6(13)16-10(18)21/h1,4,7-9,19-20H,2-3,5H2,(H2,13,16,21)/t7-,8+,9-,11-/m1/s1. The Morgan fingerprint density at radius 1 is 1.68 bits per heavy atom. The zero-order valence-electron chi connectivity index (χ0n) is 11.4. The molecule has 11 heteroatoms. The molecule has 0 aliphatic carbocycles. The summed E-state index contributed by atoms with van der Waals surface area (Å²) in [6.07, 6.45) is -4.05. The Balaban J connectivity index is 2.32. The highest BCUT2D eigenvalue weighted by Gasteiger charge is 2.55. The lowest BCUT2D eigenvalue weighted by atomic mass is 9.93. The van der Waals surface area contributed by atoms with Gasteiger partial charge in [-0.3, -0.25) is 4.57 Å². The van der Waals surface area contributed by atoms with Gasteiger partial charge in [-0.05, 0) is 18.0 Å². The SMILES string of the molecule is [N-]=[N+]=NCC[C@]1(CO)O[C@@H](n2ccc(N)nc2=O)[C@H](F)[C@@H]1O. The third-order valence-corrected chi connectivity index (χ3v) is 3.56. The quantitative estimate of drug-likeness (QED) is 0.377. The molecule has 2 rings (SSSR count).